The minimum Gasteiger partial charge on any atom is -0.361 e. The van der Waals surface area contributed by atoms with E-state index in [1.807, 2.05) is 25.3 Å². The number of para-hydroxylation sites is 1. The number of hydrogen-bond donors (Lipinski definition) is 3. The molecule has 1 heterocycles. The monoisotopic (exact) mass is 273 g/mol. The zero-order valence-corrected chi connectivity index (χ0v) is 12.2. The van der Waals surface area contributed by atoms with Crippen molar-refractivity contribution in [3.05, 3.63) is 36.0 Å². The number of hydrogen-bond acceptors (Lipinski definition) is 2. The van der Waals surface area contributed by atoms with Crippen molar-refractivity contribution < 1.29 is 4.79 Å². The standard InChI is InChI=1S/C16H23N3O/c1-3-12(2)19-16(20)11-17-9-8-13-10-18-15-7-5-4-6-14(13)15/h4-7,10,12,17-18H,3,8-9,11H2,1-2H3,(H,19,20). The van der Waals surface area contributed by atoms with Crippen LogP contribution in [0.3, 0.4) is 0 Å². The van der Waals surface area contributed by atoms with E-state index in [4.69, 9.17) is 0 Å². The molecule has 1 atom stereocenters. The van der Waals surface area contributed by atoms with Gasteiger partial charge in [0.2, 0.25) is 5.91 Å². The molecule has 4 nitrogen and oxygen atoms in total. The highest BCUT2D eigenvalue weighted by Gasteiger charge is 2.05. The van der Waals surface area contributed by atoms with Crippen LogP contribution in [0.1, 0.15) is 25.8 Å². The van der Waals surface area contributed by atoms with Gasteiger partial charge in [0.05, 0.1) is 6.54 Å². The summed E-state index contributed by atoms with van der Waals surface area (Å²) in [5, 5.41) is 7.40. The number of rotatable bonds is 7. The predicted molar refractivity (Wildman–Crippen MR) is 82.8 cm³/mol. The van der Waals surface area contributed by atoms with Crippen molar-refractivity contribution in [1.29, 1.82) is 0 Å². The molecule has 2 rings (SSSR count). The highest BCUT2D eigenvalue weighted by molar-refractivity contribution is 5.83. The molecule has 108 valence electrons. The van der Waals surface area contributed by atoms with E-state index < -0.39 is 0 Å². The van der Waals surface area contributed by atoms with Crippen molar-refractivity contribution in [2.24, 2.45) is 0 Å². The van der Waals surface area contributed by atoms with Gasteiger partial charge in [-0.1, -0.05) is 25.1 Å². The first-order valence-corrected chi connectivity index (χ1v) is 7.25. The maximum atomic E-state index is 11.6. The molecular weight excluding hydrogens is 250 g/mol. The molecule has 1 aromatic heterocycles. The molecule has 4 heteroatoms. The fourth-order valence-electron chi connectivity index (χ4n) is 2.19. The second-order valence-corrected chi connectivity index (χ2v) is 5.16. The van der Waals surface area contributed by atoms with E-state index in [-0.39, 0.29) is 11.9 Å². The van der Waals surface area contributed by atoms with Crippen molar-refractivity contribution in [1.82, 2.24) is 15.6 Å². The van der Waals surface area contributed by atoms with Crippen LogP contribution in [0.25, 0.3) is 10.9 Å². The molecule has 0 bridgehead atoms. The third kappa shape index (κ3) is 3.84. The highest BCUT2D eigenvalue weighted by atomic mass is 16.1. The van der Waals surface area contributed by atoms with Gasteiger partial charge in [-0.05, 0) is 37.9 Å². The Morgan fingerprint density at radius 3 is 2.95 bits per heavy atom. The molecule has 1 amide bonds. The zero-order valence-electron chi connectivity index (χ0n) is 12.2. The number of aromatic amines is 1. The lowest BCUT2D eigenvalue weighted by molar-refractivity contribution is -0.120. The van der Waals surface area contributed by atoms with Crippen LogP contribution < -0.4 is 10.6 Å². The summed E-state index contributed by atoms with van der Waals surface area (Å²) in [5.41, 5.74) is 2.45. The molecule has 0 saturated heterocycles. The largest absolute Gasteiger partial charge is 0.361 e. The molecule has 1 unspecified atom stereocenters. The summed E-state index contributed by atoms with van der Waals surface area (Å²) in [6.07, 6.45) is 3.92. The fourth-order valence-corrected chi connectivity index (χ4v) is 2.19. The third-order valence-electron chi connectivity index (χ3n) is 3.55. The molecule has 0 radical (unpaired) electrons. The van der Waals surface area contributed by atoms with Gasteiger partial charge in [-0.25, -0.2) is 0 Å². The van der Waals surface area contributed by atoms with Crippen molar-refractivity contribution in [3.63, 3.8) is 0 Å². The van der Waals surface area contributed by atoms with E-state index in [1.54, 1.807) is 0 Å². The van der Waals surface area contributed by atoms with Crippen molar-refractivity contribution in [2.75, 3.05) is 13.1 Å². The van der Waals surface area contributed by atoms with Gasteiger partial charge < -0.3 is 15.6 Å². The quantitative estimate of drug-likeness (QED) is 0.677. The number of carbonyl (C=O) groups is 1. The summed E-state index contributed by atoms with van der Waals surface area (Å²) in [4.78, 5) is 14.9. The molecule has 0 aliphatic rings. The first-order valence-electron chi connectivity index (χ1n) is 7.25. The Hall–Kier alpha value is -1.81. The van der Waals surface area contributed by atoms with Gasteiger partial charge in [0, 0.05) is 23.1 Å². The number of carbonyl (C=O) groups excluding carboxylic acids is 1. The molecule has 0 aliphatic carbocycles. The lowest BCUT2D eigenvalue weighted by Crippen LogP contribution is -2.39. The Balaban J connectivity index is 1.75. The minimum atomic E-state index is 0.0678. The van der Waals surface area contributed by atoms with Gasteiger partial charge in [-0.3, -0.25) is 4.79 Å². The first-order chi connectivity index (χ1) is 9.70. The molecule has 2 aromatic rings. The van der Waals surface area contributed by atoms with Crippen LogP contribution >= 0.6 is 0 Å². The van der Waals surface area contributed by atoms with E-state index in [2.05, 4.69) is 34.7 Å². The molecular formula is C16H23N3O. The Kier molecular flexibility index (Phi) is 5.18. The fraction of sp³-hybridized carbons (Fsp3) is 0.438. The molecule has 3 N–H and O–H groups in total. The normalized spacial score (nSPS) is 12.5. The van der Waals surface area contributed by atoms with Crippen molar-refractivity contribution in [3.8, 4) is 0 Å². The van der Waals surface area contributed by atoms with Crippen LogP contribution in [-0.2, 0) is 11.2 Å². The average Bonchev–Trinajstić information content (AvgIpc) is 2.87. The molecule has 20 heavy (non-hydrogen) atoms. The maximum Gasteiger partial charge on any atom is 0.234 e. The van der Waals surface area contributed by atoms with E-state index in [9.17, 15) is 4.79 Å². The third-order valence-corrected chi connectivity index (χ3v) is 3.55. The van der Waals surface area contributed by atoms with E-state index in [1.165, 1.54) is 10.9 Å². The van der Waals surface area contributed by atoms with Crippen LogP contribution in [-0.4, -0.2) is 30.0 Å². The molecule has 0 spiro atoms. The number of amides is 1. The van der Waals surface area contributed by atoms with Gasteiger partial charge in [0.25, 0.3) is 0 Å². The summed E-state index contributed by atoms with van der Waals surface area (Å²) >= 11 is 0. The zero-order chi connectivity index (χ0) is 14.4. The Bertz CT molecular complexity index is 562. The Labute approximate surface area is 120 Å². The summed E-state index contributed by atoms with van der Waals surface area (Å²) < 4.78 is 0. The van der Waals surface area contributed by atoms with Gasteiger partial charge >= 0.3 is 0 Å². The van der Waals surface area contributed by atoms with Crippen LogP contribution in [0.5, 0.6) is 0 Å². The second kappa shape index (κ2) is 7.10. The number of nitrogens with one attached hydrogen (secondary N) is 3. The number of H-pyrrole nitrogens is 1. The molecule has 0 aliphatic heterocycles. The Morgan fingerprint density at radius 2 is 2.15 bits per heavy atom. The summed E-state index contributed by atoms with van der Waals surface area (Å²) in [5.74, 6) is 0.0678. The minimum absolute atomic E-state index is 0.0678. The lowest BCUT2D eigenvalue weighted by Gasteiger charge is -2.11. The van der Waals surface area contributed by atoms with Crippen molar-refractivity contribution >= 4 is 16.8 Å². The van der Waals surface area contributed by atoms with Gasteiger partial charge in [-0.2, -0.15) is 0 Å². The number of benzene rings is 1. The molecule has 0 fully saturated rings. The second-order valence-electron chi connectivity index (χ2n) is 5.16. The van der Waals surface area contributed by atoms with Gasteiger partial charge in [0.15, 0.2) is 0 Å². The summed E-state index contributed by atoms with van der Waals surface area (Å²) in [6.45, 7) is 5.27. The Morgan fingerprint density at radius 1 is 1.35 bits per heavy atom. The molecule has 1 aromatic carbocycles. The molecule has 0 saturated carbocycles. The maximum absolute atomic E-state index is 11.6. The summed E-state index contributed by atoms with van der Waals surface area (Å²) in [6, 6.07) is 8.52. The topological polar surface area (TPSA) is 56.9 Å². The van der Waals surface area contributed by atoms with Crippen LogP contribution in [0.4, 0.5) is 0 Å². The van der Waals surface area contributed by atoms with Crippen LogP contribution in [0.15, 0.2) is 30.5 Å². The first kappa shape index (κ1) is 14.6. The summed E-state index contributed by atoms with van der Waals surface area (Å²) in [7, 11) is 0. The van der Waals surface area contributed by atoms with E-state index in [0.717, 1.165) is 24.9 Å². The van der Waals surface area contributed by atoms with Gasteiger partial charge in [0.1, 0.15) is 0 Å². The number of fused-ring (bicyclic) bond motifs is 1. The van der Waals surface area contributed by atoms with Gasteiger partial charge in [-0.15, -0.1) is 0 Å². The predicted octanol–water partition coefficient (Wildman–Crippen LogP) is 2.21. The SMILES string of the molecule is CCC(C)NC(=O)CNCCc1c[nH]c2ccccc12. The van der Waals surface area contributed by atoms with Crippen molar-refractivity contribution in [2.45, 2.75) is 32.7 Å². The smallest absolute Gasteiger partial charge is 0.234 e. The van der Waals surface area contributed by atoms with Crippen LogP contribution in [0.2, 0.25) is 0 Å². The highest BCUT2D eigenvalue weighted by Crippen LogP contribution is 2.17. The average molecular weight is 273 g/mol. The number of aromatic nitrogens is 1. The lowest BCUT2D eigenvalue weighted by atomic mass is 10.1. The van der Waals surface area contributed by atoms with E-state index in [0.29, 0.717) is 6.54 Å². The van der Waals surface area contributed by atoms with E-state index >= 15 is 0 Å². The van der Waals surface area contributed by atoms with Crippen LogP contribution in [0, 0.1) is 0 Å².